The quantitative estimate of drug-likeness (QED) is 0.656. The van der Waals surface area contributed by atoms with Crippen molar-refractivity contribution in [2.45, 2.75) is 19.1 Å². The van der Waals surface area contributed by atoms with Crippen LogP contribution in [-0.2, 0) is 4.79 Å². The van der Waals surface area contributed by atoms with Gasteiger partial charge in [0.25, 0.3) is 0 Å². The lowest BCUT2D eigenvalue weighted by Gasteiger charge is -2.35. The zero-order valence-electron chi connectivity index (χ0n) is 18.3. The largest absolute Gasteiger partial charge is 0.484 e. The van der Waals surface area contributed by atoms with Gasteiger partial charge in [0.1, 0.15) is 5.75 Å². The minimum atomic E-state index is -4.39. The van der Waals surface area contributed by atoms with Crippen LogP contribution in [0.3, 0.4) is 0 Å². The van der Waals surface area contributed by atoms with Gasteiger partial charge in [-0.15, -0.1) is 0 Å². The summed E-state index contributed by atoms with van der Waals surface area (Å²) in [7, 11) is 0. The third-order valence-electron chi connectivity index (χ3n) is 5.21. The Bertz CT molecular complexity index is 915. The number of amides is 3. The van der Waals surface area contributed by atoms with E-state index in [2.05, 4.69) is 10.6 Å². The SMILES string of the molecule is CC(NC(=O)N1CCN(CC(=O)Nc2ccccc2)CC1)c1ccc(OCC(F)(F)F)cc1. The van der Waals surface area contributed by atoms with E-state index in [1.807, 2.05) is 35.2 Å². The van der Waals surface area contributed by atoms with E-state index < -0.39 is 12.8 Å². The van der Waals surface area contributed by atoms with Gasteiger partial charge >= 0.3 is 12.2 Å². The van der Waals surface area contributed by atoms with Gasteiger partial charge < -0.3 is 20.3 Å². The fourth-order valence-corrected chi connectivity index (χ4v) is 3.41. The van der Waals surface area contributed by atoms with Crippen molar-refractivity contribution >= 4 is 17.6 Å². The van der Waals surface area contributed by atoms with Crippen LogP contribution in [0.25, 0.3) is 0 Å². The molecule has 2 aromatic rings. The predicted molar refractivity (Wildman–Crippen MR) is 118 cm³/mol. The highest BCUT2D eigenvalue weighted by atomic mass is 19.4. The van der Waals surface area contributed by atoms with Gasteiger partial charge in [0.2, 0.25) is 5.91 Å². The molecular weight excluding hydrogens is 437 g/mol. The van der Waals surface area contributed by atoms with Crippen molar-refractivity contribution in [2.24, 2.45) is 0 Å². The van der Waals surface area contributed by atoms with Gasteiger partial charge in [0, 0.05) is 31.9 Å². The molecule has 2 aromatic carbocycles. The summed E-state index contributed by atoms with van der Waals surface area (Å²) in [6.45, 7) is 2.84. The Morgan fingerprint density at radius 2 is 1.64 bits per heavy atom. The van der Waals surface area contributed by atoms with Crippen molar-refractivity contribution in [1.29, 1.82) is 0 Å². The molecule has 0 aliphatic carbocycles. The van der Waals surface area contributed by atoms with E-state index in [0.29, 0.717) is 26.2 Å². The molecule has 33 heavy (non-hydrogen) atoms. The highest BCUT2D eigenvalue weighted by molar-refractivity contribution is 5.92. The molecule has 3 rings (SSSR count). The number of hydrogen-bond acceptors (Lipinski definition) is 4. The molecule has 1 aliphatic heterocycles. The number of ether oxygens (including phenoxy) is 1. The monoisotopic (exact) mass is 464 g/mol. The molecule has 3 amide bonds. The number of alkyl halides is 3. The van der Waals surface area contributed by atoms with Gasteiger partial charge in [-0.2, -0.15) is 13.2 Å². The first-order valence-electron chi connectivity index (χ1n) is 10.6. The van der Waals surface area contributed by atoms with Gasteiger partial charge in [0.05, 0.1) is 12.6 Å². The molecule has 1 fully saturated rings. The maximum absolute atomic E-state index is 12.6. The molecule has 7 nitrogen and oxygen atoms in total. The van der Waals surface area contributed by atoms with Crippen LogP contribution in [0.2, 0.25) is 0 Å². The average molecular weight is 464 g/mol. The first-order chi connectivity index (χ1) is 15.7. The molecule has 10 heteroatoms. The zero-order valence-corrected chi connectivity index (χ0v) is 18.3. The van der Waals surface area contributed by atoms with Crippen LogP contribution >= 0.6 is 0 Å². The Kier molecular flexibility index (Phi) is 8.16. The summed E-state index contributed by atoms with van der Waals surface area (Å²) in [4.78, 5) is 28.5. The van der Waals surface area contributed by atoms with Crippen LogP contribution < -0.4 is 15.4 Å². The summed E-state index contributed by atoms with van der Waals surface area (Å²) >= 11 is 0. The molecule has 2 N–H and O–H groups in total. The predicted octanol–water partition coefficient (Wildman–Crippen LogP) is 3.65. The van der Waals surface area contributed by atoms with E-state index in [1.54, 1.807) is 24.0 Å². The summed E-state index contributed by atoms with van der Waals surface area (Å²) in [6, 6.07) is 14.8. The molecular formula is C23H27F3N4O3. The Hall–Kier alpha value is -3.27. The third-order valence-corrected chi connectivity index (χ3v) is 5.21. The minimum absolute atomic E-state index is 0.101. The van der Waals surface area contributed by atoms with Crippen LogP contribution in [0, 0.1) is 0 Å². The number of benzene rings is 2. The minimum Gasteiger partial charge on any atom is -0.484 e. The van der Waals surface area contributed by atoms with Crippen molar-refractivity contribution in [3.63, 3.8) is 0 Å². The number of hydrogen-bond donors (Lipinski definition) is 2. The Morgan fingerprint density at radius 3 is 2.24 bits per heavy atom. The lowest BCUT2D eigenvalue weighted by Crippen LogP contribution is -2.53. The second kappa shape index (κ2) is 11.0. The molecule has 0 aromatic heterocycles. The number of urea groups is 1. The van der Waals surface area contributed by atoms with E-state index in [4.69, 9.17) is 4.74 Å². The summed E-state index contributed by atoms with van der Waals surface area (Å²) in [5.41, 5.74) is 1.49. The van der Waals surface area contributed by atoms with Crippen LogP contribution in [0.15, 0.2) is 54.6 Å². The van der Waals surface area contributed by atoms with Gasteiger partial charge in [-0.1, -0.05) is 30.3 Å². The van der Waals surface area contributed by atoms with Crippen molar-refractivity contribution in [2.75, 3.05) is 44.6 Å². The molecule has 1 heterocycles. The number of halogens is 3. The molecule has 1 atom stereocenters. The molecule has 1 unspecified atom stereocenters. The molecule has 0 bridgehead atoms. The van der Waals surface area contributed by atoms with Crippen LogP contribution in [0.5, 0.6) is 5.75 Å². The molecule has 0 radical (unpaired) electrons. The average Bonchev–Trinajstić information content (AvgIpc) is 2.78. The second-order valence-corrected chi connectivity index (χ2v) is 7.82. The van der Waals surface area contributed by atoms with Gasteiger partial charge in [-0.25, -0.2) is 4.79 Å². The Labute approximate surface area is 190 Å². The van der Waals surface area contributed by atoms with Crippen molar-refractivity contribution in [3.8, 4) is 5.75 Å². The number of carbonyl (C=O) groups excluding carboxylic acids is 2. The molecule has 1 aliphatic rings. The van der Waals surface area contributed by atoms with Crippen molar-refractivity contribution in [3.05, 3.63) is 60.2 Å². The van der Waals surface area contributed by atoms with E-state index >= 15 is 0 Å². The maximum atomic E-state index is 12.6. The second-order valence-electron chi connectivity index (χ2n) is 7.82. The fourth-order valence-electron chi connectivity index (χ4n) is 3.41. The number of nitrogens with zero attached hydrogens (tertiary/aromatic N) is 2. The normalized spacial score (nSPS) is 15.6. The van der Waals surface area contributed by atoms with Crippen LogP contribution in [0.4, 0.5) is 23.7 Å². The number of carbonyl (C=O) groups is 2. The lowest BCUT2D eigenvalue weighted by molar-refractivity contribution is -0.153. The maximum Gasteiger partial charge on any atom is 0.422 e. The number of piperazine rings is 1. The summed E-state index contributed by atoms with van der Waals surface area (Å²) in [5, 5.41) is 5.75. The molecule has 1 saturated heterocycles. The standard InChI is InChI=1S/C23H27F3N4O3/c1-17(18-7-9-20(10-8-18)33-16-23(24,25)26)27-22(32)30-13-11-29(12-14-30)15-21(31)28-19-5-3-2-4-6-19/h2-10,17H,11-16H2,1H3,(H,27,32)(H,28,31). The highest BCUT2D eigenvalue weighted by Crippen LogP contribution is 2.21. The Morgan fingerprint density at radius 1 is 1.00 bits per heavy atom. The topological polar surface area (TPSA) is 73.9 Å². The smallest absolute Gasteiger partial charge is 0.422 e. The van der Waals surface area contributed by atoms with Crippen LogP contribution in [-0.4, -0.2) is 67.2 Å². The Balaban J connectivity index is 1.40. The first-order valence-corrected chi connectivity index (χ1v) is 10.6. The summed E-state index contributed by atoms with van der Waals surface area (Å²) in [5.74, 6) is 0.0115. The van der Waals surface area contributed by atoms with E-state index in [9.17, 15) is 22.8 Å². The lowest BCUT2D eigenvalue weighted by atomic mass is 10.1. The van der Waals surface area contributed by atoms with Gasteiger partial charge in [-0.3, -0.25) is 9.69 Å². The molecule has 0 spiro atoms. The van der Waals surface area contributed by atoms with Gasteiger partial charge in [-0.05, 0) is 36.8 Å². The van der Waals surface area contributed by atoms with E-state index in [1.165, 1.54) is 12.1 Å². The van der Waals surface area contributed by atoms with Gasteiger partial charge in [0.15, 0.2) is 6.61 Å². The summed E-state index contributed by atoms with van der Waals surface area (Å²) < 4.78 is 41.4. The number of anilines is 1. The van der Waals surface area contributed by atoms with E-state index in [0.717, 1.165) is 11.3 Å². The molecule has 0 saturated carbocycles. The molecule has 178 valence electrons. The van der Waals surface area contributed by atoms with Crippen LogP contribution in [0.1, 0.15) is 18.5 Å². The number of rotatable bonds is 7. The number of para-hydroxylation sites is 1. The zero-order chi connectivity index (χ0) is 23.8. The van der Waals surface area contributed by atoms with Crippen molar-refractivity contribution < 1.29 is 27.5 Å². The highest BCUT2D eigenvalue weighted by Gasteiger charge is 2.28. The first kappa shape index (κ1) is 24.4. The fraction of sp³-hybridized carbons (Fsp3) is 0.391. The number of nitrogens with one attached hydrogen (secondary N) is 2. The third kappa shape index (κ3) is 7.98. The summed E-state index contributed by atoms with van der Waals surface area (Å²) in [6.07, 6.45) is -4.39. The van der Waals surface area contributed by atoms with E-state index in [-0.39, 0.29) is 30.3 Å². The van der Waals surface area contributed by atoms with Crippen molar-refractivity contribution in [1.82, 2.24) is 15.1 Å².